The van der Waals surface area contributed by atoms with E-state index in [-0.39, 0.29) is 5.97 Å². The summed E-state index contributed by atoms with van der Waals surface area (Å²) in [7, 11) is 0. The molecular weight excluding hydrogens is 292 g/mol. The van der Waals surface area contributed by atoms with Crippen LogP contribution in [0.1, 0.15) is 38.2 Å². The van der Waals surface area contributed by atoms with Gasteiger partial charge in [-0.1, -0.05) is 5.16 Å². The van der Waals surface area contributed by atoms with Gasteiger partial charge in [0.2, 0.25) is 5.89 Å². The molecule has 0 aliphatic rings. The van der Waals surface area contributed by atoms with Crippen LogP contribution in [0.15, 0.2) is 9.90 Å². The topological polar surface area (TPSA) is 90.1 Å². The van der Waals surface area contributed by atoms with Gasteiger partial charge in [0, 0.05) is 12.3 Å². The van der Waals surface area contributed by atoms with Crippen LogP contribution in [0.3, 0.4) is 0 Å². The summed E-state index contributed by atoms with van der Waals surface area (Å²) >= 11 is 1.42. The third kappa shape index (κ3) is 3.57. The highest BCUT2D eigenvalue weighted by Crippen LogP contribution is 2.28. The monoisotopic (exact) mass is 310 g/mol. The molecule has 0 spiro atoms. The minimum atomic E-state index is -0.769. The molecule has 7 nitrogen and oxygen atoms in total. The van der Waals surface area contributed by atoms with Crippen LogP contribution in [0.5, 0.6) is 0 Å². The molecule has 0 atom stereocenters. The zero-order chi connectivity index (χ0) is 15.5. The molecule has 0 unspecified atom stereocenters. The van der Waals surface area contributed by atoms with Crippen LogP contribution in [0.2, 0.25) is 0 Å². The Kier molecular flexibility index (Phi) is 4.56. The van der Waals surface area contributed by atoms with E-state index in [2.05, 4.69) is 20.4 Å². The molecule has 0 fully saturated rings. The van der Waals surface area contributed by atoms with Crippen molar-refractivity contribution in [3.63, 3.8) is 0 Å². The minimum Gasteiger partial charge on any atom is -0.465 e. The van der Waals surface area contributed by atoms with Crippen molar-refractivity contribution in [1.29, 1.82) is 0 Å². The number of aryl methyl sites for hydroxylation is 1. The molecule has 21 heavy (non-hydrogen) atoms. The predicted octanol–water partition coefficient (Wildman–Crippen LogP) is 2.29. The van der Waals surface area contributed by atoms with Crippen molar-refractivity contribution in [2.45, 2.75) is 39.7 Å². The second-order valence-electron chi connectivity index (χ2n) is 4.97. The molecule has 0 amide bonds. The number of thiazole rings is 1. The second-order valence-corrected chi connectivity index (χ2v) is 5.82. The van der Waals surface area contributed by atoms with Crippen LogP contribution >= 0.6 is 11.3 Å². The Balaban J connectivity index is 2.02. The largest absolute Gasteiger partial charge is 0.465 e. The van der Waals surface area contributed by atoms with Crippen molar-refractivity contribution in [1.82, 2.24) is 15.1 Å². The third-order valence-corrected chi connectivity index (χ3v) is 3.70. The Bertz CT molecular complexity index is 620. The summed E-state index contributed by atoms with van der Waals surface area (Å²) in [5.41, 5.74) is -0.0902. The average Bonchev–Trinajstić information content (AvgIpc) is 3.05. The molecule has 2 heterocycles. The molecule has 2 aromatic rings. The Morgan fingerprint density at radius 3 is 2.86 bits per heavy atom. The number of anilines is 1. The van der Waals surface area contributed by atoms with E-state index < -0.39 is 5.41 Å². The van der Waals surface area contributed by atoms with Crippen molar-refractivity contribution in [3.8, 4) is 0 Å². The van der Waals surface area contributed by atoms with Gasteiger partial charge in [-0.15, -0.1) is 11.3 Å². The first kappa shape index (κ1) is 15.4. The first-order chi connectivity index (χ1) is 9.93. The Morgan fingerprint density at radius 2 is 2.24 bits per heavy atom. The molecular formula is C13H18N4O3S. The number of ether oxygens (including phenoxy) is 1. The number of carbonyl (C=O) groups is 1. The van der Waals surface area contributed by atoms with E-state index in [0.717, 1.165) is 0 Å². The van der Waals surface area contributed by atoms with Crippen LogP contribution < -0.4 is 5.32 Å². The Morgan fingerprint density at radius 1 is 1.48 bits per heavy atom. The second kappa shape index (κ2) is 6.21. The van der Waals surface area contributed by atoms with Gasteiger partial charge in [0.05, 0.1) is 18.8 Å². The highest BCUT2D eigenvalue weighted by Gasteiger charge is 2.33. The number of nitrogens with zero attached hydrogens (tertiary/aromatic N) is 3. The van der Waals surface area contributed by atoms with Crippen LogP contribution in [0.4, 0.5) is 5.13 Å². The maximum absolute atomic E-state index is 11.9. The number of hydrogen-bond donors (Lipinski definition) is 1. The summed E-state index contributed by atoms with van der Waals surface area (Å²) in [4.78, 5) is 20.5. The van der Waals surface area contributed by atoms with Gasteiger partial charge >= 0.3 is 5.97 Å². The standard InChI is InChI=1S/C13H18N4O3S/c1-5-19-11(18)13(3,4)9-7-21-12(16-9)14-6-10-15-8(2)20-17-10/h7H,5-6H2,1-4H3,(H,14,16). The van der Waals surface area contributed by atoms with Crippen molar-refractivity contribution in [2.75, 3.05) is 11.9 Å². The van der Waals surface area contributed by atoms with Gasteiger partial charge in [0.25, 0.3) is 0 Å². The van der Waals surface area contributed by atoms with Gasteiger partial charge in [-0.05, 0) is 20.8 Å². The summed E-state index contributed by atoms with van der Waals surface area (Å²) in [6.07, 6.45) is 0. The SMILES string of the molecule is CCOC(=O)C(C)(C)c1csc(NCc2noc(C)n2)n1. The molecule has 2 aromatic heterocycles. The molecule has 2 rings (SSSR count). The van der Waals surface area contributed by atoms with E-state index >= 15 is 0 Å². The lowest BCUT2D eigenvalue weighted by Gasteiger charge is -2.19. The average molecular weight is 310 g/mol. The molecule has 0 bridgehead atoms. The van der Waals surface area contributed by atoms with Crippen LogP contribution in [0, 0.1) is 6.92 Å². The fourth-order valence-electron chi connectivity index (χ4n) is 1.63. The van der Waals surface area contributed by atoms with Gasteiger partial charge < -0.3 is 14.6 Å². The highest BCUT2D eigenvalue weighted by molar-refractivity contribution is 7.13. The molecule has 0 radical (unpaired) electrons. The van der Waals surface area contributed by atoms with Crippen molar-refractivity contribution < 1.29 is 14.1 Å². The first-order valence-corrected chi connectivity index (χ1v) is 7.47. The van der Waals surface area contributed by atoms with E-state index in [9.17, 15) is 4.79 Å². The van der Waals surface area contributed by atoms with E-state index in [0.29, 0.717) is 35.7 Å². The van der Waals surface area contributed by atoms with E-state index in [1.165, 1.54) is 11.3 Å². The molecule has 0 aromatic carbocycles. The zero-order valence-corrected chi connectivity index (χ0v) is 13.3. The van der Waals surface area contributed by atoms with Crippen LogP contribution in [0.25, 0.3) is 0 Å². The highest BCUT2D eigenvalue weighted by atomic mass is 32.1. The van der Waals surface area contributed by atoms with Crippen molar-refractivity contribution >= 4 is 22.4 Å². The van der Waals surface area contributed by atoms with Gasteiger partial charge in [-0.3, -0.25) is 4.79 Å². The molecule has 0 aliphatic carbocycles. The Hall–Kier alpha value is -1.96. The number of esters is 1. The number of hydrogen-bond acceptors (Lipinski definition) is 8. The smallest absolute Gasteiger partial charge is 0.317 e. The summed E-state index contributed by atoms with van der Waals surface area (Å²) in [5, 5.41) is 9.45. The zero-order valence-electron chi connectivity index (χ0n) is 12.5. The van der Waals surface area contributed by atoms with Gasteiger partial charge in [0.15, 0.2) is 11.0 Å². The number of aromatic nitrogens is 3. The summed E-state index contributed by atoms with van der Waals surface area (Å²) < 4.78 is 9.97. The molecule has 0 saturated carbocycles. The van der Waals surface area contributed by atoms with Crippen LogP contribution in [-0.4, -0.2) is 27.7 Å². The quantitative estimate of drug-likeness (QED) is 0.818. The lowest BCUT2D eigenvalue weighted by molar-refractivity contribution is -0.148. The van der Waals surface area contributed by atoms with Crippen LogP contribution in [-0.2, 0) is 21.5 Å². The number of rotatable bonds is 6. The lowest BCUT2D eigenvalue weighted by Crippen LogP contribution is -2.31. The minimum absolute atomic E-state index is 0.282. The summed E-state index contributed by atoms with van der Waals surface area (Å²) in [6.45, 7) is 7.90. The van der Waals surface area contributed by atoms with Crippen molar-refractivity contribution in [3.05, 3.63) is 22.8 Å². The fraction of sp³-hybridized carbons (Fsp3) is 0.538. The van der Waals surface area contributed by atoms with E-state index in [1.54, 1.807) is 27.7 Å². The first-order valence-electron chi connectivity index (χ1n) is 6.59. The summed E-state index contributed by atoms with van der Waals surface area (Å²) in [6, 6.07) is 0. The molecule has 8 heteroatoms. The molecule has 1 N–H and O–H groups in total. The maximum Gasteiger partial charge on any atom is 0.317 e. The van der Waals surface area contributed by atoms with E-state index in [4.69, 9.17) is 9.26 Å². The Labute approximate surface area is 126 Å². The number of nitrogens with one attached hydrogen (secondary N) is 1. The third-order valence-electron chi connectivity index (χ3n) is 2.90. The summed E-state index contributed by atoms with van der Waals surface area (Å²) in [5.74, 6) is 0.805. The van der Waals surface area contributed by atoms with Gasteiger partial charge in [-0.25, -0.2) is 4.98 Å². The number of carbonyl (C=O) groups excluding carboxylic acids is 1. The van der Waals surface area contributed by atoms with Gasteiger partial charge in [-0.2, -0.15) is 4.98 Å². The van der Waals surface area contributed by atoms with E-state index in [1.807, 2.05) is 5.38 Å². The predicted molar refractivity (Wildman–Crippen MR) is 78.1 cm³/mol. The van der Waals surface area contributed by atoms with Crippen molar-refractivity contribution in [2.24, 2.45) is 0 Å². The molecule has 0 saturated heterocycles. The fourth-order valence-corrected chi connectivity index (χ4v) is 2.50. The molecule has 114 valence electrons. The molecule has 0 aliphatic heterocycles. The normalized spacial score (nSPS) is 11.4. The maximum atomic E-state index is 11.9. The lowest BCUT2D eigenvalue weighted by atomic mass is 9.90. The van der Waals surface area contributed by atoms with Gasteiger partial charge in [0.1, 0.15) is 5.41 Å².